The fourth-order valence-corrected chi connectivity index (χ4v) is 4.86. The Bertz CT molecular complexity index is 1090. The van der Waals surface area contributed by atoms with Crippen LogP contribution in [0.4, 0.5) is 0 Å². The number of rotatable bonds is 3. The zero-order valence-electron chi connectivity index (χ0n) is 16.8. The zero-order valence-corrected chi connectivity index (χ0v) is 16.8. The van der Waals surface area contributed by atoms with Gasteiger partial charge in [-0.05, 0) is 30.5 Å². The molecule has 1 fully saturated rings. The van der Waals surface area contributed by atoms with Gasteiger partial charge in [0.2, 0.25) is 11.8 Å². The Kier molecular flexibility index (Phi) is 4.19. The van der Waals surface area contributed by atoms with Crippen LogP contribution < -0.4 is 0 Å². The Hall–Kier alpha value is -3.08. The van der Waals surface area contributed by atoms with Crippen molar-refractivity contribution in [3.05, 3.63) is 71.4 Å². The largest absolute Gasteiger partial charge is 0.356 e. The van der Waals surface area contributed by atoms with Crippen LogP contribution in [-0.4, -0.2) is 45.2 Å². The van der Waals surface area contributed by atoms with E-state index in [4.69, 9.17) is 0 Å². The molecule has 0 aliphatic carbocycles. The fraction of sp³-hybridized carbons (Fsp3) is 0.333. The predicted octanol–water partition coefficient (Wildman–Crippen LogP) is 3.65. The van der Waals surface area contributed by atoms with Crippen molar-refractivity contribution < 1.29 is 9.59 Å². The number of nitrogens with one attached hydrogen (secondary N) is 1. The first-order valence-electron chi connectivity index (χ1n) is 10.4. The highest BCUT2D eigenvalue weighted by Crippen LogP contribution is 2.42. The SMILES string of the molecule is CC[C@H](C)N1CC(=O)N2[C@H](c3ccccc3)c3[nH]c4ccccc4c3C[C@@H]2C1=O. The Morgan fingerprint density at radius 1 is 1.07 bits per heavy atom. The molecule has 0 radical (unpaired) electrons. The van der Waals surface area contributed by atoms with Crippen molar-refractivity contribution in [3.63, 3.8) is 0 Å². The summed E-state index contributed by atoms with van der Waals surface area (Å²) in [4.78, 5) is 34.0. The number of H-pyrrole nitrogens is 1. The average molecular weight is 387 g/mol. The molecule has 5 heteroatoms. The van der Waals surface area contributed by atoms with E-state index in [1.54, 1.807) is 4.90 Å². The number of aromatic amines is 1. The van der Waals surface area contributed by atoms with Crippen LogP contribution in [0.2, 0.25) is 0 Å². The molecule has 0 unspecified atom stereocenters. The maximum atomic E-state index is 13.5. The summed E-state index contributed by atoms with van der Waals surface area (Å²) in [5.74, 6) is 0.0869. The number of amides is 2. The van der Waals surface area contributed by atoms with Crippen LogP contribution >= 0.6 is 0 Å². The number of aromatic nitrogens is 1. The van der Waals surface area contributed by atoms with Crippen molar-refractivity contribution in [1.82, 2.24) is 14.8 Å². The van der Waals surface area contributed by atoms with Gasteiger partial charge >= 0.3 is 0 Å². The minimum Gasteiger partial charge on any atom is -0.356 e. The van der Waals surface area contributed by atoms with Crippen LogP contribution in [-0.2, 0) is 16.0 Å². The Morgan fingerprint density at radius 2 is 1.79 bits per heavy atom. The van der Waals surface area contributed by atoms with Crippen molar-refractivity contribution in [1.29, 1.82) is 0 Å². The molecule has 29 heavy (non-hydrogen) atoms. The molecule has 3 aromatic rings. The minimum absolute atomic E-state index is 0.0214. The Morgan fingerprint density at radius 3 is 2.55 bits per heavy atom. The monoisotopic (exact) mass is 387 g/mol. The Labute approximate surface area is 170 Å². The van der Waals surface area contributed by atoms with E-state index < -0.39 is 6.04 Å². The van der Waals surface area contributed by atoms with Gasteiger partial charge in [-0.25, -0.2) is 0 Å². The second kappa shape index (κ2) is 6.76. The maximum absolute atomic E-state index is 13.5. The first kappa shape index (κ1) is 18.0. The molecule has 0 saturated carbocycles. The van der Waals surface area contributed by atoms with E-state index in [0.717, 1.165) is 34.1 Å². The summed E-state index contributed by atoms with van der Waals surface area (Å²) in [6.45, 7) is 4.24. The van der Waals surface area contributed by atoms with Crippen molar-refractivity contribution in [2.45, 2.75) is 44.8 Å². The maximum Gasteiger partial charge on any atom is 0.246 e. The van der Waals surface area contributed by atoms with Crippen LogP contribution in [0.15, 0.2) is 54.6 Å². The van der Waals surface area contributed by atoms with Crippen LogP contribution in [0.3, 0.4) is 0 Å². The summed E-state index contributed by atoms with van der Waals surface area (Å²) >= 11 is 0. The van der Waals surface area contributed by atoms with E-state index in [2.05, 4.69) is 24.0 Å². The molecule has 0 spiro atoms. The third-order valence-corrected chi connectivity index (χ3v) is 6.53. The van der Waals surface area contributed by atoms with Crippen LogP contribution in [0, 0.1) is 0 Å². The summed E-state index contributed by atoms with van der Waals surface area (Å²) in [6.07, 6.45) is 1.40. The van der Waals surface area contributed by atoms with Crippen molar-refractivity contribution >= 4 is 22.7 Å². The van der Waals surface area contributed by atoms with E-state index in [1.165, 1.54) is 0 Å². The first-order chi connectivity index (χ1) is 14.1. The quantitative estimate of drug-likeness (QED) is 0.746. The summed E-state index contributed by atoms with van der Waals surface area (Å²) in [5, 5.41) is 1.14. The average Bonchev–Trinajstić information content (AvgIpc) is 3.13. The number of benzene rings is 2. The number of para-hydroxylation sites is 1. The third kappa shape index (κ3) is 2.68. The molecule has 5 nitrogen and oxygen atoms in total. The highest BCUT2D eigenvalue weighted by atomic mass is 16.2. The number of hydrogen-bond acceptors (Lipinski definition) is 2. The molecule has 1 N–H and O–H groups in total. The van der Waals surface area contributed by atoms with Crippen LogP contribution in [0.1, 0.15) is 43.1 Å². The molecule has 3 heterocycles. The molecule has 2 amide bonds. The van der Waals surface area contributed by atoms with E-state index in [1.807, 2.05) is 54.3 Å². The number of carbonyl (C=O) groups excluding carboxylic acids is 2. The van der Waals surface area contributed by atoms with Gasteiger partial charge in [-0.2, -0.15) is 0 Å². The van der Waals surface area contributed by atoms with Gasteiger partial charge in [0.1, 0.15) is 12.6 Å². The van der Waals surface area contributed by atoms with Gasteiger partial charge in [-0.15, -0.1) is 0 Å². The van der Waals surface area contributed by atoms with Crippen molar-refractivity contribution in [2.24, 2.45) is 0 Å². The lowest BCUT2D eigenvalue weighted by molar-refractivity contribution is -0.160. The zero-order chi connectivity index (χ0) is 20.1. The minimum atomic E-state index is -0.456. The molecular weight excluding hydrogens is 362 g/mol. The molecule has 1 aromatic heterocycles. The number of nitrogens with zero attached hydrogens (tertiary/aromatic N) is 2. The van der Waals surface area contributed by atoms with Gasteiger partial charge in [0.15, 0.2) is 0 Å². The normalized spacial score (nSPS) is 22.6. The highest BCUT2D eigenvalue weighted by Gasteiger charge is 2.48. The van der Waals surface area contributed by atoms with Gasteiger partial charge in [-0.3, -0.25) is 9.59 Å². The van der Waals surface area contributed by atoms with Gasteiger partial charge in [0, 0.05) is 29.1 Å². The topological polar surface area (TPSA) is 56.4 Å². The molecule has 2 aromatic carbocycles. The fourth-order valence-electron chi connectivity index (χ4n) is 4.86. The smallest absolute Gasteiger partial charge is 0.246 e. The van der Waals surface area contributed by atoms with Crippen LogP contribution in [0.5, 0.6) is 0 Å². The van der Waals surface area contributed by atoms with E-state index in [0.29, 0.717) is 6.42 Å². The first-order valence-corrected chi connectivity index (χ1v) is 10.4. The number of carbonyl (C=O) groups is 2. The summed E-state index contributed by atoms with van der Waals surface area (Å²) in [5.41, 5.74) is 4.27. The molecule has 5 rings (SSSR count). The van der Waals surface area contributed by atoms with E-state index in [-0.39, 0.29) is 30.4 Å². The van der Waals surface area contributed by atoms with E-state index >= 15 is 0 Å². The van der Waals surface area contributed by atoms with Gasteiger partial charge in [0.05, 0.1) is 6.04 Å². The highest BCUT2D eigenvalue weighted by molar-refractivity contribution is 5.97. The molecule has 148 valence electrons. The second-order valence-corrected chi connectivity index (χ2v) is 8.12. The molecule has 3 atom stereocenters. The molecule has 2 aliphatic heterocycles. The summed E-state index contributed by atoms with van der Waals surface area (Å²) < 4.78 is 0. The lowest BCUT2D eigenvalue weighted by atomic mass is 9.86. The predicted molar refractivity (Wildman–Crippen MR) is 112 cm³/mol. The molecule has 0 bridgehead atoms. The van der Waals surface area contributed by atoms with Gasteiger partial charge in [0.25, 0.3) is 0 Å². The van der Waals surface area contributed by atoms with E-state index in [9.17, 15) is 9.59 Å². The number of piperazine rings is 1. The van der Waals surface area contributed by atoms with Gasteiger partial charge < -0.3 is 14.8 Å². The second-order valence-electron chi connectivity index (χ2n) is 8.12. The summed E-state index contributed by atoms with van der Waals surface area (Å²) in [7, 11) is 0. The third-order valence-electron chi connectivity index (χ3n) is 6.53. The number of hydrogen-bond donors (Lipinski definition) is 1. The molecule has 1 saturated heterocycles. The van der Waals surface area contributed by atoms with Crippen molar-refractivity contribution in [3.8, 4) is 0 Å². The summed E-state index contributed by atoms with van der Waals surface area (Å²) in [6, 6.07) is 17.6. The standard InChI is InChI=1S/C24H25N3O2/c1-3-15(2)26-14-21(28)27-20(24(26)29)13-18-17-11-7-8-12-19(17)25-22(18)23(27)16-9-5-4-6-10-16/h4-12,15,20,23,25H,3,13-14H2,1-2H3/t15-,20+,23+/m0/s1. The van der Waals surface area contributed by atoms with Crippen molar-refractivity contribution in [2.75, 3.05) is 6.54 Å². The number of fused-ring (bicyclic) bond motifs is 4. The lowest BCUT2D eigenvalue weighted by Crippen LogP contribution is -2.64. The molecular formula is C24H25N3O2. The van der Waals surface area contributed by atoms with Crippen LogP contribution in [0.25, 0.3) is 10.9 Å². The lowest BCUT2D eigenvalue weighted by Gasteiger charge is -2.48. The Balaban J connectivity index is 1.70. The van der Waals surface area contributed by atoms with Gasteiger partial charge in [-0.1, -0.05) is 55.5 Å². The molecule has 2 aliphatic rings.